The van der Waals surface area contributed by atoms with E-state index >= 15 is 0 Å². The summed E-state index contributed by atoms with van der Waals surface area (Å²) in [5.41, 5.74) is 1.87. The summed E-state index contributed by atoms with van der Waals surface area (Å²) in [5.74, 6) is 0.852. The number of nitrogens with zero attached hydrogens (tertiary/aromatic N) is 1. The first-order valence-corrected chi connectivity index (χ1v) is 7.26. The largest absolute Gasteiger partial charge is 0.380 e. The molecule has 1 fully saturated rings. The molecule has 0 bridgehead atoms. The highest BCUT2D eigenvalue weighted by atomic mass is 16.5. The number of nitrogens with one attached hydrogen (secondary N) is 1. The number of rotatable bonds is 5. The number of benzene rings is 1. The van der Waals surface area contributed by atoms with Gasteiger partial charge >= 0.3 is 0 Å². The lowest BCUT2D eigenvalue weighted by Gasteiger charge is -2.32. The summed E-state index contributed by atoms with van der Waals surface area (Å²) in [6, 6.07) is 7.72. The van der Waals surface area contributed by atoms with Crippen molar-refractivity contribution in [1.29, 1.82) is 0 Å². The van der Waals surface area contributed by atoms with Gasteiger partial charge in [-0.3, -0.25) is 4.79 Å². The SMILES string of the molecule is CNCC1CCN(C(=O)c2ccc(COC)cc2)CC1. The molecule has 1 aromatic carbocycles. The van der Waals surface area contributed by atoms with Gasteiger partial charge in [0.25, 0.3) is 5.91 Å². The molecule has 0 atom stereocenters. The van der Waals surface area contributed by atoms with E-state index in [0.717, 1.165) is 43.6 Å². The summed E-state index contributed by atoms with van der Waals surface area (Å²) in [6.45, 7) is 3.37. The Morgan fingerprint density at radius 3 is 2.50 bits per heavy atom. The molecule has 1 aliphatic rings. The highest BCUT2D eigenvalue weighted by Gasteiger charge is 2.23. The Morgan fingerprint density at radius 1 is 1.30 bits per heavy atom. The molecule has 1 amide bonds. The van der Waals surface area contributed by atoms with Gasteiger partial charge in [-0.05, 0) is 50.0 Å². The maximum Gasteiger partial charge on any atom is 0.253 e. The Bertz CT molecular complexity index is 423. The average molecular weight is 276 g/mol. The highest BCUT2D eigenvalue weighted by Crippen LogP contribution is 2.18. The van der Waals surface area contributed by atoms with E-state index < -0.39 is 0 Å². The number of methoxy groups -OCH3 is 1. The van der Waals surface area contributed by atoms with Crippen LogP contribution in [-0.2, 0) is 11.3 Å². The Labute approximate surface area is 121 Å². The number of ether oxygens (including phenoxy) is 1. The zero-order chi connectivity index (χ0) is 14.4. The van der Waals surface area contributed by atoms with Crippen LogP contribution in [-0.4, -0.2) is 44.6 Å². The van der Waals surface area contributed by atoms with Crippen LogP contribution in [0.1, 0.15) is 28.8 Å². The van der Waals surface area contributed by atoms with Crippen LogP contribution >= 0.6 is 0 Å². The van der Waals surface area contributed by atoms with Crippen molar-refractivity contribution >= 4 is 5.91 Å². The van der Waals surface area contributed by atoms with Crippen LogP contribution in [0, 0.1) is 5.92 Å². The van der Waals surface area contributed by atoms with E-state index in [1.54, 1.807) is 7.11 Å². The fourth-order valence-corrected chi connectivity index (χ4v) is 2.72. The van der Waals surface area contributed by atoms with Crippen molar-refractivity contribution in [2.45, 2.75) is 19.4 Å². The van der Waals surface area contributed by atoms with Crippen molar-refractivity contribution in [3.63, 3.8) is 0 Å². The molecular weight excluding hydrogens is 252 g/mol. The summed E-state index contributed by atoms with van der Waals surface area (Å²) in [5, 5.41) is 3.22. The number of carbonyl (C=O) groups excluding carboxylic acids is 1. The van der Waals surface area contributed by atoms with Crippen LogP contribution in [0.5, 0.6) is 0 Å². The van der Waals surface area contributed by atoms with E-state index in [0.29, 0.717) is 12.5 Å². The van der Waals surface area contributed by atoms with Crippen LogP contribution in [0.3, 0.4) is 0 Å². The molecular formula is C16H24N2O2. The molecule has 0 radical (unpaired) electrons. The molecule has 1 N–H and O–H groups in total. The number of amides is 1. The molecule has 4 heteroatoms. The second-order valence-corrected chi connectivity index (χ2v) is 5.42. The van der Waals surface area contributed by atoms with Crippen molar-refractivity contribution in [3.8, 4) is 0 Å². The minimum atomic E-state index is 0.150. The quantitative estimate of drug-likeness (QED) is 0.893. The first-order chi connectivity index (χ1) is 9.74. The molecule has 1 saturated heterocycles. The molecule has 0 saturated carbocycles. The number of piperidine rings is 1. The molecule has 1 heterocycles. The molecule has 2 rings (SSSR count). The van der Waals surface area contributed by atoms with E-state index in [1.807, 2.05) is 36.2 Å². The van der Waals surface area contributed by atoms with Crippen LogP contribution in [0.2, 0.25) is 0 Å². The minimum absolute atomic E-state index is 0.150. The van der Waals surface area contributed by atoms with Gasteiger partial charge in [0.1, 0.15) is 0 Å². The predicted octanol–water partition coefficient (Wildman–Crippen LogP) is 1.90. The van der Waals surface area contributed by atoms with E-state index in [9.17, 15) is 4.79 Å². The topological polar surface area (TPSA) is 41.6 Å². The first kappa shape index (κ1) is 15.0. The molecule has 1 aromatic rings. The van der Waals surface area contributed by atoms with Gasteiger partial charge < -0.3 is 15.0 Å². The van der Waals surface area contributed by atoms with Gasteiger partial charge in [-0.2, -0.15) is 0 Å². The first-order valence-electron chi connectivity index (χ1n) is 7.26. The number of carbonyl (C=O) groups is 1. The number of hydrogen-bond donors (Lipinski definition) is 1. The summed E-state index contributed by atoms with van der Waals surface area (Å²) in [7, 11) is 3.66. The molecule has 110 valence electrons. The molecule has 0 spiro atoms. The summed E-state index contributed by atoms with van der Waals surface area (Å²) >= 11 is 0. The van der Waals surface area contributed by atoms with Crippen molar-refractivity contribution < 1.29 is 9.53 Å². The molecule has 0 aromatic heterocycles. The Balaban J connectivity index is 1.91. The molecule has 4 nitrogen and oxygen atoms in total. The van der Waals surface area contributed by atoms with Crippen molar-refractivity contribution in [2.75, 3.05) is 33.8 Å². The van der Waals surface area contributed by atoms with Crippen LogP contribution in [0.15, 0.2) is 24.3 Å². The lowest BCUT2D eigenvalue weighted by atomic mass is 9.96. The second kappa shape index (κ2) is 7.41. The summed E-state index contributed by atoms with van der Waals surface area (Å²) in [6.07, 6.45) is 2.18. The van der Waals surface area contributed by atoms with Gasteiger partial charge in [-0.1, -0.05) is 12.1 Å². The number of hydrogen-bond acceptors (Lipinski definition) is 3. The third-order valence-corrected chi connectivity index (χ3v) is 3.91. The Morgan fingerprint density at radius 2 is 1.95 bits per heavy atom. The fourth-order valence-electron chi connectivity index (χ4n) is 2.72. The third kappa shape index (κ3) is 3.81. The lowest BCUT2D eigenvalue weighted by Crippen LogP contribution is -2.40. The van der Waals surface area contributed by atoms with Gasteiger partial charge in [0.05, 0.1) is 6.61 Å². The molecule has 1 aliphatic heterocycles. The molecule has 0 unspecified atom stereocenters. The normalized spacial score (nSPS) is 16.4. The van der Waals surface area contributed by atoms with Crippen molar-refractivity contribution in [2.24, 2.45) is 5.92 Å². The van der Waals surface area contributed by atoms with Crippen LogP contribution in [0.4, 0.5) is 0 Å². The van der Waals surface area contributed by atoms with Gasteiger partial charge in [-0.25, -0.2) is 0 Å². The van der Waals surface area contributed by atoms with Crippen molar-refractivity contribution in [1.82, 2.24) is 10.2 Å². The van der Waals surface area contributed by atoms with E-state index in [-0.39, 0.29) is 5.91 Å². The Hall–Kier alpha value is -1.39. The highest BCUT2D eigenvalue weighted by molar-refractivity contribution is 5.94. The molecule has 20 heavy (non-hydrogen) atoms. The van der Waals surface area contributed by atoms with Gasteiger partial charge in [0.15, 0.2) is 0 Å². The van der Waals surface area contributed by atoms with E-state index in [4.69, 9.17) is 4.74 Å². The predicted molar refractivity (Wildman–Crippen MR) is 79.7 cm³/mol. The molecule has 0 aliphatic carbocycles. The smallest absolute Gasteiger partial charge is 0.253 e. The summed E-state index contributed by atoms with van der Waals surface area (Å²) < 4.78 is 5.08. The van der Waals surface area contributed by atoms with Gasteiger partial charge in [0.2, 0.25) is 0 Å². The van der Waals surface area contributed by atoms with Crippen LogP contribution in [0.25, 0.3) is 0 Å². The average Bonchev–Trinajstić information content (AvgIpc) is 2.49. The minimum Gasteiger partial charge on any atom is -0.380 e. The maximum absolute atomic E-state index is 12.4. The van der Waals surface area contributed by atoms with Crippen molar-refractivity contribution in [3.05, 3.63) is 35.4 Å². The maximum atomic E-state index is 12.4. The second-order valence-electron chi connectivity index (χ2n) is 5.42. The zero-order valence-corrected chi connectivity index (χ0v) is 12.4. The monoisotopic (exact) mass is 276 g/mol. The zero-order valence-electron chi connectivity index (χ0n) is 12.4. The van der Waals surface area contributed by atoms with Crippen LogP contribution < -0.4 is 5.32 Å². The van der Waals surface area contributed by atoms with E-state index in [2.05, 4.69) is 5.32 Å². The Kier molecular flexibility index (Phi) is 5.56. The third-order valence-electron chi connectivity index (χ3n) is 3.91. The lowest BCUT2D eigenvalue weighted by molar-refractivity contribution is 0.0691. The summed E-state index contributed by atoms with van der Waals surface area (Å²) in [4.78, 5) is 14.4. The standard InChI is InChI=1S/C16H24N2O2/c1-17-11-13-7-9-18(10-8-13)16(19)15-5-3-14(4-6-15)12-20-2/h3-6,13,17H,7-12H2,1-2H3. The number of likely N-dealkylation sites (tertiary alicyclic amines) is 1. The fraction of sp³-hybridized carbons (Fsp3) is 0.562. The van der Waals surface area contributed by atoms with E-state index in [1.165, 1.54) is 0 Å². The van der Waals surface area contributed by atoms with Gasteiger partial charge in [0, 0.05) is 25.8 Å². The van der Waals surface area contributed by atoms with Gasteiger partial charge in [-0.15, -0.1) is 0 Å².